The van der Waals surface area contributed by atoms with Gasteiger partial charge < -0.3 is 14.8 Å². The van der Waals surface area contributed by atoms with Crippen LogP contribution in [0, 0.1) is 0 Å². The Balaban J connectivity index is 1.38. The van der Waals surface area contributed by atoms with E-state index in [0.717, 1.165) is 29.5 Å². The molecule has 27 heavy (non-hydrogen) atoms. The molecule has 2 unspecified atom stereocenters. The number of carbonyl (C=O) groups excluding carboxylic acids is 1. The summed E-state index contributed by atoms with van der Waals surface area (Å²) in [4.78, 5) is 16.5. The lowest BCUT2D eigenvalue weighted by Crippen LogP contribution is -2.32. The van der Waals surface area contributed by atoms with Crippen LogP contribution in [0.2, 0.25) is 0 Å². The van der Waals surface area contributed by atoms with Crippen molar-refractivity contribution >= 4 is 22.8 Å². The van der Waals surface area contributed by atoms with E-state index in [4.69, 9.17) is 9.47 Å². The van der Waals surface area contributed by atoms with Crippen LogP contribution in [-0.4, -0.2) is 40.5 Å². The van der Waals surface area contributed by atoms with Gasteiger partial charge in [-0.25, -0.2) is 9.78 Å². The molecule has 3 aromatic rings. The third-order valence-corrected chi connectivity index (χ3v) is 4.50. The number of nitrogens with zero attached hydrogens (tertiary/aromatic N) is 2. The Kier molecular flexibility index (Phi) is 4.88. The van der Waals surface area contributed by atoms with E-state index < -0.39 is 0 Å². The molecule has 0 aliphatic carbocycles. The molecule has 8 heteroatoms. The maximum atomic E-state index is 12.2. The predicted molar refractivity (Wildman–Crippen MR) is 101 cm³/mol. The summed E-state index contributed by atoms with van der Waals surface area (Å²) in [6, 6.07) is 11.0. The lowest BCUT2D eigenvalue weighted by molar-refractivity contribution is -0.0725. The number of carbonyl (C=O) groups is 1. The lowest BCUT2D eigenvalue weighted by atomic mass is 10.1. The molecular formula is C19H21N5O3. The summed E-state index contributed by atoms with van der Waals surface area (Å²) in [5.74, 6) is 0.916. The summed E-state index contributed by atoms with van der Waals surface area (Å²) in [5.41, 5.74) is 1.77. The van der Waals surface area contributed by atoms with Crippen molar-refractivity contribution < 1.29 is 14.3 Å². The van der Waals surface area contributed by atoms with E-state index in [1.165, 1.54) is 0 Å². The van der Waals surface area contributed by atoms with Crippen LogP contribution < -0.4 is 15.4 Å². The molecule has 0 saturated carbocycles. The number of hydrogen-bond acceptors (Lipinski definition) is 5. The molecule has 1 aliphatic heterocycles. The number of benzene rings is 1. The first-order valence-electron chi connectivity index (χ1n) is 8.90. The number of anilines is 1. The molecule has 0 spiro atoms. The van der Waals surface area contributed by atoms with Gasteiger partial charge in [-0.3, -0.25) is 10.4 Å². The number of pyridine rings is 1. The van der Waals surface area contributed by atoms with Crippen LogP contribution in [0.3, 0.4) is 0 Å². The van der Waals surface area contributed by atoms with Gasteiger partial charge >= 0.3 is 6.03 Å². The fourth-order valence-corrected chi connectivity index (χ4v) is 2.83. The van der Waals surface area contributed by atoms with Crippen LogP contribution in [0.15, 0.2) is 42.6 Å². The van der Waals surface area contributed by atoms with E-state index in [0.29, 0.717) is 18.3 Å². The Morgan fingerprint density at radius 2 is 2.22 bits per heavy atom. The zero-order chi connectivity index (χ0) is 18.6. The number of aromatic amines is 1. The molecule has 0 radical (unpaired) electrons. The van der Waals surface area contributed by atoms with Crippen molar-refractivity contribution in [1.82, 2.24) is 20.5 Å². The van der Waals surface area contributed by atoms with Gasteiger partial charge in [0, 0.05) is 25.3 Å². The van der Waals surface area contributed by atoms with Gasteiger partial charge in [0.2, 0.25) is 5.88 Å². The van der Waals surface area contributed by atoms with Crippen LogP contribution in [-0.2, 0) is 4.74 Å². The highest BCUT2D eigenvalue weighted by Crippen LogP contribution is 2.24. The van der Waals surface area contributed by atoms with E-state index >= 15 is 0 Å². The highest BCUT2D eigenvalue weighted by molar-refractivity contribution is 5.92. The molecular weight excluding hydrogens is 346 g/mol. The molecule has 3 heterocycles. The van der Waals surface area contributed by atoms with Crippen LogP contribution in [0.1, 0.15) is 24.9 Å². The van der Waals surface area contributed by atoms with Gasteiger partial charge in [-0.2, -0.15) is 0 Å². The van der Waals surface area contributed by atoms with E-state index in [-0.39, 0.29) is 18.2 Å². The van der Waals surface area contributed by atoms with Crippen molar-refractivity contribution in [3.63, 3.8) is 0 Å². The van der Waals surface area contributed by atoms with Gasteiger partial charge in [0.05, 0.1) is 23.0 Å². The second kappa shape index (κ2) is 7.63. The van der Waals surface area contributed by atoms with Gasteiger partial charge in [-0.15, -0.1) is 5.10 Å². The quantitative estimate of drug-likeness (QED) is 0.622. The minimum atomic E-state index is -0.323. The largest absolute Gasteiger partial charge is 0.473 e. The van der Waals surface area contributed by atoms with Crippen molar-refractivity contribution in [2.24, 2.45) is 0 Å². The molecule has 2 amide bonds. The highest BCUT2D eigenvalue weighted by Gasteiger charge is 2.20. The smallest absolute Gasteiger partial charge is 0.320 e. The molecule has 140 valence electrons. The number of hydrogen-bond donors (Lipinski definition) is 3. The van der Waals surface area contributed by atoms with Crippen LogP contribution in [0.5, 0.6) is 5.88 Å². The van der Waals surface area contributed by atoms with Gasteiger partial charge in [-0.1, -0.05) is 30.3 Å². The van der Waals surface area contributed by atoms with E-state index in [2.05, 4.69) is 25.8 Å². The number of urea groups is 1. The van der Waals surface area contributed by atoms with Gasteiger partial charge in [0.1, 0.15) is 12.4 Å². The molecule has 4 rings (SSSR count). The number of fused-ring (bicyclic) bond motifs is 1. The third kappa shape index (κ3) is 4.01. The number of nitrogens with one attached hydrogen (secondary N) is 3. The Morgan fingerprint density at radius 1 is 1.41 bits per heavy atom. The number of aromatic nitrogens is 3. The maximum Gasteiger partial charge on any atom is 0.320 e. The fourth-order valence-electron chi connectivity index (χ4n) is 2.83. The fraction of sp³-hybridized carbons (Fsp3) is 0.316. The minimum absolute atomic E-state index is 0.115. The SMILES string of the molecule is CC(NC(=O)Nc1cc2[nH]nc(OCC3CCO3)c2cn1)c1ccccc1. The Morgan fingerprint density at radius 3 is 2.96 bits per heavy atom. The summed E-state index contributed by atoms with van der Waals surface area (Å²) in [6.45, 7) is 3.19. The summed E-state index contributed by atoms with van der Waals surface area (Å²) >= 11 is 0. The first-order chi connectivity index (χ1) is 13.2. The van der Waals surface area contributed by atoms with Crippen molar-refractivity contribution in [2.45, 2.75) is 25.5 Å². The zero-order valence-corrected chi connectivity index (χ0v) is 14.9. The molecule has 1 fully saturated rings. The molecule has 1 saturated heterocycles. The Labute approximate surface area is 156 Å². The topological polar surface area (TPSA) is 101 Å². The number of ether oxygens (including phenoxy) is 2. The number of amides is 2. The first-order valence-corrected chi connectivity index (χ1v) is 8.90. The first kappa shape index (κ1) is 17.3. The number of H-pyrrole nitrogens is 1. The molecule has 1 aromatic carbocycles. The highest BCUT2D eigenvalue weighted by atomic mass is 16.5. The van der Waals surface area contributed by atoms with Gasteiger partial charge in [-0.05, 0) is 12.5 Å². The maximum absolute atomic E-state index is 12.2. The molecule has 1 aliphatic rings. The number of rotatable bonds is 6. The lowest BCUT2D eigenvalue weighted by Gasteiger charge is -2.25. The summed E-state index contributed by atoms with van der Waals surface area (Å²) in [6.07, 6.45) is 2.78. The predicted octanol–water partition coefficient (Wildman–Crippen LogP) is 3.01. The average Bonchev–Trinajstić information content (AvgIpc) is 3.03. The normalized spacial score (nSPS) is 17.1. The molecule has 0 bridgehead atoms. The molecule has 2 aromatic heterocycles. The summed E-state index contributed by atoms with van der Waals surface area (Å²) in [7, 11) is 0. The van der Waals surface area contributed by atoms with Gasteiger partial charge in [0.15, 0.2) is 0 Å². The van der Waals surface area contributed by atoms with E-state index in [1.54, 1.807) is 12.3 Å². The van der Waals surface area contributed by atoms with Crippen LogP contribution in [0.25, 0.3) is 10.9 Å². The van der Waals surface area contributed by atoms with Gasteiger partial charge in [0.25, 0.3) is 0 Å². The second-order valence-electron chi connectivity index (χ2n) is 6.47. The summed E-state index contributed by atoms with van der Waals surface area (Å²) < 4.78 is 11.0. The van der Waals surface area contributed by atoms with E-state index in [9.17, 15) is 4.79 Å². The van der Waals surface area contributed by atoms with Crippen molar-refractivity contribution in [3.8, 4) is 5.88 Å². The molecule has 3 N–H and O–H groups in total. The van der Waals surface area contributed by atoms with Crippen molar-refractivity contribution in [1.29, 1.82) is 0 Å². The second-order valence-corrected chi connectivity index (χ2v) is 6.47. The van der Waals surface area contributed by atoms with Crippen molar-refractivity contribution in [2.75, 3.05) is 18.5 Å². The summed E-state index contributed by atoms with van der Waals surface area (Å²) in [5, 5.41) is 13.5. The van der Waals surface area contributed by atoms with Crippen molar-refractivity contribution in [3.05, 3.63) is 48.2 Å². The van der Waals surface area contributed by atoms with E-state index in [1.807, 2.05) is 37.3 Å². The Hall–Kier alpha value is -3.13. The Bertz CT molecular complexity index is 923. The molecule has 8 nitrogen and oxygen atoms in total. The van der Waals surface area contributed by atoms with Crippen LogP contribution in [0.4, 0.5) is 10.6 Å². The molecule has 2 atom stereocenters. The monoisotopic (exact) mass is 367 g/mol. The zero-order valence-electron chi connectivity index (χ0n) is 14.9. The minimum Gasteiger partial charge on any atom is -0.473 e. The average molecular weight is 367 g/mol. The third-order valence-electron chi connectivity index (χ3n) is 4.50. The van der Waals surface area contributed by atoms with Crippen LogP contribution >= 0.6 is 0 Å². The standard InChI is InChI=1S/C19H21N5O3/c1-12(13-5-3-2-4-6-13)21-19(25)22-17-9-16-15(10-20-17)18(24-23-16)27-11-14-7-8-26-14/h2-6,9-10,12,14H,7-8,11H2,1H3,(H,23,24)(H2,20,21,22,25).